The van der Waals surface area contributed by atoms with Gasteiger partial charge < -0.3 is 10.1 Å². The van der Waals surface area contributed by atoms with E-state index in [1.54, 1.807) is 21.0 Å². The molecule has 1 aromatic carbocycles. The number of hydrogen-bond donors (Lipinski definition) is 1. The van der Waals surface area contributed by atoms with E-state index in [1.165, 1.54) is 0 Å². The smallest absolute Gasteiger partial charge is 0.380 e. The fourth-order valence-corrected chi connectivity index (χ4v) is 3.21. The van der Waals surface area contributed by atoms with Gasteiger partial charge in [-0.3, -0.25) is 4.79 Å². The van der Waals surface area contributed by atoms with Crippen LogP contribution in [-0.2, 0) is 35.3 Å². The molecule has 0 saturated carbocycles. The van der Waals surface area contributed by atoms with Gasteiger partial charge in [-0.2, -0.15) is 18.2 Å². The molecule has 0 aliphatic rings. The molecule has 7 nitrogen and oxygen atoms in total. The van der Waals surface area contributed by atoms with Crippen LogP contribution >= 0.6 is 0 Å². The van der Waals surface area contributed by atoms with E-state index in [0.29, 0.717) is 36.5 Å². The van der Waals surface area contributed by atoms with Gasteiger partial charge in [-0.05, 0) is 37.0 Å². The number of rotatable bonds is 7. The molecule has 3 rings (SSSR count). The summed E-state index contributed by atoms with van der Waals surface area (Å²) in [6, 6.07) is 7.71. The maximum absolute atomic E-state index is 12.9. The van der Waals surface area contributed by atoms with Gasteiger partial charge >= 0.3 is 6.18 Å². The molecule has 3 aromatic rings. The average Bonchev–Trinajstić information content (AvgIpc) is 3.11. The number of methoxy groups -OCH3 is 1. The summed E-state index contributed by atoms with van der Waals surface area (Å²) in [7, 11) is 1.62. The Hall–Kier alpha value is -3.01. The number of ether oxygens (including phenoxy) is 1. The Labute approximate surface area is 171 Å². The molecule has 10 heteroatoms. The van der Waals surface area contributed by atoms with Crippen LogP contribution in [0.4, 0.5) is 13.2 Å². The molecule has 0 radical (unpaired) electrons. The van der Waals surface area contributed by atoms with Crippen LogP contribution in [0.5, 0.6) is 0 Å². The molecule has 0 aliphatic heterocycles. The molecule has 2 heterocycles. The summed E-state index contributed by atoms with van der Waals surface area (Å²) in [5, 5.41) is 6.37. The molecule has 1 N–H and O–H groups in total. The number of hydrogen-bond acceptors (Lipinski definition) is 5. The number of aryl methyl sites for hydroxylation is 2. The van der Waals surface area contributed by atoms with Crippen LogP contribution in [0, 0.1) is 13.8 Å². The van der Waals surface area contributed by atoms with Crippen molar-refractivity contribution >= 4 is 11.7 Å². The van der Waals surface area contributed by atoms with E-state index in [-0.39, 0.29) is 18.1 Å². The molecule has 0 fully saturated rings. The normalized spacial score (nSPS) is 11.8. The monoisotopic (exact) mass is 421 g/mol. The van der Waals surface area contributed by atoms with Gasteiger partial charge in [0.2, 0.25) is 5.91 Å². The minimum absolute atomic E-state index is 0.110. The zero-order valence-electron chi connectivity index (χ0n) is 16.9. The van der Waals surface area contributed by atoms with Crippen LogP contribution in [0.1, 0.15) is 40.3 Å². The van der Waals surface area contributed by atoms with Crippen molar-refractivity contribution in [2.45, 2.75) is 46.0 Å². The van der Waals surface area contributed by atoms with Crippen molar-refractivity contribution in [3.8, 4) is 0 Å². The zero-order chi connectivity index (χ0) is 21.9. The van der Waals surface area contributed by atoms with Crippen molar-refractivity contribution in [2.75, 3.05) is 7.11 Å². The summed E-state index contributed by atoms with van der Waals surface area (Å²) in [6.07, 6.45) is -4.14. The molecular formula is C20H22F3N5O2. The second-order valence-corrected chi connectivity index (χ2v) is 6.94. The van der Waals surface area contributed by atoms with Crippen LogP contribution in [0.3, 0.4) is 0 Å². The maximum atomic E-state index is 12.9. The van der Waals surface area contributed by atoms with Crippen LogP contribution in [0.25, 0.3) is 5.78 Å². The number of fused-ring (bicyclic) bond motifs is 1. The summed E-state index contributed by atoms with van der Waals surface area (Å²) in [5.74, 6) is -1.51. The number of nitrogens with one attached hydrogen (secondary N) is 1. The van der Waals surface area contributed by atoms with Gasteiger partial charge in [-0.15, -0.1) is 5.10 Å². The number of benzene rings is 1. The molecule has 0 unspecified atom stereocenters. The summed E-state index contributed by atoms with van der Waals surface area (Å²) in [4.78, 5) is 19.9. The lowest BCUT2D eigenvalue weighted by Gasteiger charge is -2.11. The lowest BCUT2D eigenvalue weighted by atomic mass is 10.1. The SMILES string of the molecule is COCc1cccc(CNC(=O)CCc2c(C)nc3nc(C(F)(F)F)nn3c2C)c1. The van der Waals surface area contributed by atoms with E-state index in [0.717, 1.165) is 15.6 Å². The van der Waals surface area contributed by atoms with Crippen molar-refractivity contribution in [3.63, 3.8) is 0 Å². The van der Waals surface area contributed by atoms with Gasteiger partial charge in [0.05, 0.1) is 6.61 Å². The highest BCUT2D eigenvalue weighted by molar-refractivity contribution is 5.76. The summed E-state index contributed by atoms with van der Waals surface area (Å²) in [5.41, 5.74) is 3.66. The summed E-state index contributed by atoms with van der Waals surface area (Å²) in [6.45, 7) is 4.20. The lowest BCUT2D eigenvalue weighted by Crippen LogP contribution is -2.23. The first kappa shape index (κ1) is 21.7. The van der Waals surface area contributed by atoms with E-state index < -0.39 is 12.0 Å². The Morgan fingerprint density at radius 3 is 2.63 bits per heavy atom. The fraction of sp³-hybridized carbons (Fsp3) is 0.400. The first-order valence-electron chi connectivity index (χ1n) is 9.32. The van der Waals surface area contributed by atoms with Gasteiger partial charge in [0.15, 0.2) is 0 Å². The standard InChI is InChI=1S/C20H22F3N5O2/c1-12-16(13(2)28-19(25-12)26-18(27-28)20(21,22)23)7-8-17(29)24-10-14-5-4-6-15(9-14)11-30-3/h4-6,9H,7-8,10-11H2,1-3H3,(H,24,29). The van der Waals surface area contributed by atoms with Crippen LogP contribution in [0.15, 0.2) is 24.3 Å². The van der Waals surface area contributed by atoms with E-state index in [4.69, 9.17) is 4.74 Å². The third-order valence-electron chi connectivity index (χ3n) is 4.70. The van der Waals surface area contributed by atoms with Crippen molar-refractivity contribution in [2.24, 2.45) is 0 Å². The molecule has 0 spiro atoms. The molecule has 0 atom stereocenters. The third kappa shape index (κ3) is 4.93. The molecule has 0 saturated heterocycles. The minimum Gasteiger partial charge on any atom is -0.380 e. The Kier molecular flexibility index (Phi) is 6.35. The van der Waals surface area contributed by atoms with Crippen LogP contribution in [-0.4, -0.2) is 32.6 Å². The predicted octanol–water partition coefficient (Wildman–Crippen LogP) is 3.16. The Morgan fingerprint density at radius 2 is 1.93 bits per heavy atom. The fourth-order valence-electron chi connectivity index (χ4n) is 3.21. The first-order valence-corrected chi connectivity index (χ1v) is 9.32. The van der Waals surface area contributed by atoms with Gasteiger partial charge in [0.1, 0.15) is 0 Å². The second kappa shape index (κ2) is 8.78. The van der Waals surface area contributed by atoms with Gasteiger partial charge in [0.25, 0.3) is 11.6 Å². The number of nitrogens with zero attached hydrogens (tertiary/aromatic N) is 4. The van der Waals surface area contributed by atoms with Gasteiger partial charge in [-0.1, -0.05) is 24.3 Å². The molecule has 160 valence electrons. The second-order valence-electron chi connectivity index (χ2n) is 6.94. The number of aromatic nitrogens is 4. The van der Waals surface area contributed by atoms with Gasteiger partial charge in [0, 0.05) is 31.5 Å². The molecule has 0 aliphatic carbocycles. The van der Waals surface area contributed by atoms with E-state index in [1.807, 2.05) is 24.3 Å². The average molecular weight is 421 g/mol. The Balaban J connectivity index is 1.66. The number of carbonyl (C=O) groups is 1. The van der Waals surface area contributed by atoms with E-state index in [9.17, 15) is 18.0 Å². The summed E-state index contributed by atoms with van der Waals surface area (Å²) >= 11 is 0. The highest BCUT2D eigenvalue weighted by atomic mass is 19.4. The van der Waals surface area contributed by atoms with Crippen molar-refractivity contribution in [3.05, 3.63) is 58.2 Å². The largest absolute Gasteiger partial charge is 0.453 e. The number of alkyl halides is 3. The number of halogens is 3. The molecule has 0 bridgehead atoms. The Morgan fingerprint density at radius 1 is 1.20 bits per heavy atom. The zero-order valence-corrected chi connectivity index (χ0v) is 16.9. The number of amides is 1. The third-order valence-corrected chi connectivity index (χ3v) is 4.70. The van der Waals surface area contributed by atoms with Crippen molar-refractivity contribution < 1.29 is 22.7 Å². The maximum Gasteiger partial charge on any atom is 0.453 e. The summed E-state index contributed by atoms with van der Waals surface area (Å²) < 4.78 is 44.8. The lowest BCUT2D eigenvalue weighted by molar-refractivity contribution is -0.144. The Bertz CT molecular complexity index is 1060. The highest BCUT2D eigenvalue weighted by Gasteiger charge is 2.36. The predicted molar refractivity (Wildman–Crippen MR) is 103 cm³/mol. The van der Waals surface area contributed by atoms with E-state index >= 15 is 0 Å². The van der Waals surface area contributed by atoms with Gasteiger partial charge in [-0.25, -0.2) is 9.50 Å². The van der Waals surface area contributed by atoms with Crippen LogP contribution in [0.2, 0.25) is 0 Å². The molecule has 2 aromatic heterocycles. The molecule has 30 heavy (non-hydrogen) atoms. The molecule has 1 amide bonds. The first-order chi connectivity index (χ1) is 14.2. The van der Waals surface area contributed by atoms with E-state index in [2.05, 4.69) is 20.4 Å². The van der Waals surface area contributed by atoms with Crippen LogP contribution < -0.4 is 5.32 Å². The quantitative estimate of drug-likeness (QED) is 0.634. The molecular weight excluding hydrogens is 399 g/mol. The number of carbonyl (C=O) groups excluding carboxylic acids is 1. The van der Waals surface area contributed by atoms with Crippen molar-refractivity contribution in [1.82, 2.24) is 24.9 Å². The highest BCUT2D eigenvalue weighted by Crippen LogP contribution is 2.27. The topological polar surface area (TPSA) is 81.4 Å². The minimum atomic E-state index is -4.64. The van der Waals surface area contributed by atoms with Crippen molar-refractivity contribution in [1.29, 1.82) is 0 Å².